The second-order valence-corrected chi connectivity index (χ2v) is 5.63. The summed E-state index contributed by atoms with van der Waals surface area (Å²) in [4.78, 5) is 28.1. The lowest BCUT2D eigenvalue weighted by Gasteiger charge is -2.14. The van der Waals surface area contributed by atoms with Crippen LogP contribution in [0.15, 0.2) is 12.1 Å². The first-order chi connectivity index (χ1) is 9.85. The van der Waals surface area contributed by atoms with Gasteiger partial charge >= 0.3 is 0 Å². The second kappa shape index (κ2) is 7.98. The Hall–Kier alpha value is -1.62. The molecule has 116 valence electrons. The van der Waals surface area contributed by atoms with Crippen LogP contribution in [0.25, 0.3) is 0 Å². The Balaban J connectivity index is 2.77. The van der Waals surface area contributed by atoms with E-state index in [-0.39, 0.29) is 22.9 Å². The number of carbonyl (C=O) groups is 2. The summed E-state index contributed by atoms with van der Waals surface area (Å²) in [5, 5.41) is 5.67. The highest BCUT2D eigenvalue weighted by Crippen LogP contribution is 2.17. The predicted molar refractivity (Wildman–Crippen MR) is 83.6 cm³/mol. The van der Waals surface area contributed by atoms with E-state index in [1.54, 1.807) is 13.0 Å². The SMILES string of the molecule is CCCNC(=O)C(C)NC(=O)c1cc(Cl)nc(C(C)C)c1. The van der Waals surface area contributed by atoms with Gasteiger partial charge in [-0.05, 0) is 31.4 Å². The molecule has 0 aliphatic carbocycles. The summed E-state index contributed by atoms with van der Waals surface area (Å²) in [5.74, 6) is -0.365. The van der Waals surface area contributed by atoms with Gasteiger partial charge in [0.05, 0.1) is 0 Å². The van der Waals surface area contributed by atoms with E-state index in [4.69, 9.17) is 11.6 Å². The maximum Gasteiger partial charge on any atom is 0.252 e. The first kappa shape index (κ1) is 17.4. The highest BCUT2D eigenvalue weighted by Gasteiger charge is 2.17. The third-order valence-corrected chi connectivity index (χ3v) is 3.15. The average Bonchev–Trinajstić information content (AvgIpc) is 2.43. The van der Waals surface area contributed by atoms with E-state index < -0.39 is 6.04 Å². The fourth-order valence-electron chi connectivity index (χ4n) is 1.69. The molecule has 1 aromatic rings. The van der Waals surface area contributed by atoms with Crippen LogP contribution in [0, 0.1) is 0 Å². The fourth-order valence-corrected chi connectivity index (χ4v) is 1.91. The van der Waals surface area contributed by atoms with Gasteiger partial charge in [-0.15, -0.1) is 0 Å². The number of hydrogen-bond donors (Lipinski definition) is 2. The first-order valence-electron chi connectivity index (χ1n) is 7.11. The van der Waals surface area contributed by atoms with Crippen LogP contribution in [-0.2, 0) is 4.79 Å². The fraction of sp³-hybridized carbons (Fsp3) is 0.533. The molecule has 0 fully saturated rings. The molecule has 2 N–H and O–H groups in total. The van der Waals surface area contributed by atoms with Crippen molar-refractivity contribution in [2.45, 2.75) is 46.1 Å². The zero-order valence-electron chi connectivity index (χ0n) is 12.9. The Morgan fingerprint density at radius 1 is 1.29 bits per heavy atom. The van der Waals surface area contributed by atoms with Crippen LogP contribution in [0.4, 0.5) is 0 Å². The molecule has 5 nitrogen and oxygen atoms in total. The van der Waals surface area contributed by atoms with Crippen molar-refractivity contribution in [3.8, 4) is 0 Å². The summed E-state index contributed by atoms with van der Waals surface area (Å²) in [6.07, 6.45) is 0.851. The summed E-state index contributed by atoms with van der Waals surface area (Å²) < 4.78 is 0. The van der Waals surface area contributed by atoms with Crippen LogP contribution in [0.5, 0.6) is 0 Å². The van der Waals surface area contributed by atoms with Crippen molar-refractivity contribution in [1.29, 1.82) is 0 Å². The van der Waals surface area contributed by atoms with Crippen molar-refractivity contribution in [2.75, 3.05) is 6.54 Å². The van der Waals surface area contributed by atoms with Gasteiger partial charge in [0.2, 0.25) is 5.91 Å². The number of aromatic nitrogens is 1. The second-order valence-electron chi connectivity index (χ2n) is 5.24. The number of hydrogen-bond acceptors (Lipinski definition) is 3. The molecule has 0 radical (unpaired) electrons. The maximum atomic E-state index is 12.2. The molecule has 0 spiro atoms. The number of carbonyl (C=O) groups excluding carboxylic acids is 2. The van der Waals surface area contributed by atoms with Gasteiger partial charge in [0.25, 0.3) is 5.91 Å². The van der Waals surface area contributed by atoms with Crippen molar-refractivity contribution >= 4 is 23.4 Å². The van der Waals surface area contributed by atoms with Crippen molar-refractivity contribution in [3.63, 3.8) is 0 Å². The molecule has 1 heterocycles. The highest BCUT2D eigenvalue weighted by molar-refractivity contribution is 6.29. The molecule has 1 rings (SSSR count). The Labute approximate surface area is 130 Å². The molecule has 0 aromatic carbocycles. The van der Waals surface area contributed by atoms with Crippen LogP contribution >= 0.6 is 11.6 Å². The zero-order chi connectivity index (χ0) is 16.0. The number of halogens is 1. The van der Waals surface area contributed by atoms with Crippen LogP contribution in [0.2, 0.25) is 5.15 Å². The lowest BCUT2D eigenvalue weighted by Crippen LogP contribution is -2.45. The molecule has 21 heavy (non-hydrogen) atoms. The smallest absolute Gasteiger partial charge is 0.252 e. The average molecular weight is 312 g/mol. The Morgan fingerprint density at radius 2 is 1.95 bits per heavy atom. The van der Waals surface area contributed by atoms with Gasteiger partial charge in [-0.1, -0.05) is 32.4 Å². The normalized spacial score (nSPS) is 12.1. The van der Waals surface area contributed by atoms with Crippen LogP contribution in [0.1, 0.15) is 56.1 Å². The van der Waals surface area contributed by atoms with Gasteiger partial charge < -0.3 is 10.6 Å². The van der Waals surface area contributed by atoms with Gasteiger partial charge in [-0.25, -0.2) is 4.98 Å². The summed E-state index contributed by atoms with van der Waals surface area (Å²) in [7, 11) is 0. The maximum absolute atomic E-state index is 12.2. The molecule has 0 saturated heterocycles. The molecule has 2 amide bonds. The summed E-state index contributed by atoms with van der Waals surface area (Å²) in [6, 6.07) is 2.60. The predicted octanol–water partition coefficient (Wildman–Crippen LogP) is 2.50. The zero-order valence-corrected chi connectivity index (χ0v) is 13.6. The van der Waals surface area contributed by atoms with Gasteiger partial charge in [-0.3, -0.25) is 9.59 Å². The molecule has 1 aromatic heterocycles. The first-order valence-corrected chi connectivity index (χ1v) is 7.49. The van der Waals surface area contributed by atoms with Crippen LogP contribution < -0.4 is 10.6 Å². The van der Waals surface area contributed by atoms with E-state index in [1.165, 1.54) is 6.07 Å². The molecular weight excluding hydrogens is 290 g/mol. The molecule has 1 unspecified atom stereocenters. The molecule has 6 heteroatoms. The van der Waals surface area contributed by atoms with E-state index in [0.29, 0.717) is 12.1 Å². The topological polar surface area (TPSA) is 71.1 Å². The van der Waals surface area contributed by atoms with Gasteiger partial charge in [-0.2, -0.15) is 0 Å². The minimum absolute atomic E-state index is 0.167. The minimum Gasteiger partial charge on any atom is -0.354 e. The number of rotatable bonds is 6. The number of amides is 2. The van der Waals surface area contributed by atoms with E-state index >= 15 is 0 Å². The Kier molecular flexibility index (Phi) is 6.62. The molecule has 0 aliphatic heterocycles. The van der Waals surface area contributed by atoms with Crippen LogP contribution in [-0.4, -0.2) is 29.4 Å². The molecular formula is C15H22ClN3O2. The van der Waals surface area contributed by atoms with Crippen molar-refractivity contribution in [3.05, 3.63) is 28.5 Å². The van der Waals surface area contributed by atoms with Crippen LogP contribution in [0.3, 0.4) is 0 Å². The van der Waals surface area contributed by atoms with Crippen molar-refractivity contribution in [2.24, 2.45) is 0 Å². The van der Waals surface area contributed by atoms with E-state index in [9.17, 15) is 9.59 Å². The quantitative estimate of drug-likeness (QED) is 0.793. The number of nitrogens with zero attached hydrogens (tertiary/aromatic N) is 1. The van der Waals surface area contributed by atoms with Gasteiger partial charge in [0.1, 0.15) is 11.2 Å². The molecule has 0 bridgehead atoms. The summed E-state index contributed by atoms with van der Waals surface area (Å²) in [5.41, 5.74) is 1.16. The van der Waals surface area contributed by atoms with E-state index in [2.05, 4.69) is 15.6 Å². The lowest BCUT2D eigenvalue weighted by molar-refractivity contribution is -0.122. The summed E-state index contributed by atoms with van der Waals surface area (Å²) >= 11 is 5.94. The van der Waals surface area contributed by atoms with Gasteiger partial charge in [0, 0.05) is 17.8 Å². The molecule has 0 aliphatic rings. The summed E-state index contributed by atoms with van der Waals surface area (Å²) in [6.45, 7) is 8.16. The third-order valence-electron chi connectivity index (χ3n) is 2.96. The highest BCUT2D eigenvalue weighted by atomic mass is 35.5. The van der Waals surface area contributed by atoms with Crippen molar-refractivity contribution < 1.29 is 9.59 Å². The van der Waals surface area contributed by atoms with E-state index in [0.717, 1.165) is 12.1 Å². The lowest BCUT2D eigenvalue weighted by atomic mass is 10.1. The molecule has 0 saturated carbocycles. The third kappa shape index (κ3) is 5.34. The number of nitrogens with one attached hydrogen (secondary N) is 2. The monoisotopic (exact) mass is 311 g/mol. The minimum atomic E-state index is -0.599. The standard InChI is InChI=1S/C15H22ClN3O2/c1-5-6-17-14(20)10(4)18-15(21)11-7-12(9(2)3)19-13(16)8-11/h7-10H,5-6H2,1-4H3,(H,17,20)(H,18,21). The molecule has 1 atom stereocenters. The van der Waals surface area contributed by atoms with Crippen molar-refractivity contribution in [1.82, 2.24) is 15.6 Å². The van der Waals surface area contributed by atoms with E-state index in [1.807, 2.05) is 20.8 Å². The van der Waals surface area contributed by atoms with Gasteiger partial charge in [0.15, 0.2) is 0 Å². The number of pyridine rings is 1. The Morgan fingerprint density at radius 3 is 2.52 bits per heavy atom. The largest absolute Gasteiger partial charge is 0.354 e. The Bertz CT molecular complexity index is 518.